The highest BCUT2D eigenvalue weighted by molar-refractivity contribution is 14.1. The zero-order valence-electron chi connectivity index (χ0n) is 11.2. The highest BCUT2D eigenvalue weighted by Crippen LogP contribution is 2.12. The minimum Gasteiger partial charge on any atom is -0.464 e. The fourth-order valence-electron chi connectivity index (χ4n) is 1.76. The number of esters is 1. The number of ether oxygens (including phenoxy) is 2. The summed E-state index contributed by atoms with van der Waals surface area (Å²) in [5.41, 5.74) is 1.88. The average molecular weight is 387 g/mol. The number of hydrogen-bond donors (Lipinski definition) is 0. The van der Waals surface area contributed by atoms with Crippen LogP contribution in [0.3, 0.4) is 0 Å². The Labute approximate surface area is 130 Å². The molecule has 0 N–H and O–H groups in total. The summed E-state index contributed by atoms with van der Waals surface area (Å²) in [6, 6.07) is 8.06. The van der Waals surface area contributed by atoms with Crippen LogP contribution in [0.4, 0.5) is 0 Å². The Bertz CT molecular complexity index is 595. The van der Waals surface area contributed by atoms with Gasteiger partial charge in [-0.1, -0.05) is 17.3 Å². The van der Waals surface area contributed by atoms with Gasteiger partial charge in [0.1, 0.15) is 0 Å². The predicted octanol–water partition coefficient (Wildman–Crippen LogP) is 1.86. The Balaban J connectivity index is 2.29. The third kappa shape index (κ3) is 3.34. The van der Waals surface area contributed by atoms with Gasteiger partial charge in [0.15, 0.2) is 5.69 Å². The smallest absolute Gasteiger partial charge is 0.360 e. The molecule has 0 unspecified atom stereocenters. The summed E-state index contributed by atoms with van der Waals surface area (Å²) in [6.07, 6.45) is 0. The molecular weight excluding hydrogens is 373 g/mol. The standard InChI is InChI=1S/C13H14IN3O3/c1-19-8-11-12(13(18)20-2)15-16-17(11)7-9-3-5-10(14)6-4-9/h3-6H,7-8H2,1-2H3. The summed E-state index contributed by atoms with van der Waals surface area (Å²) < 4.78 is 12.6. The second-order valence-electron chi connectivity index (χ2n) is 4.09. The number of carbonyl (C=O) groups is 1. The van der Waals surface area contributed by atoms with Gasteiger partial charge in [-0.15, -0.1) is 5.10 Å². The Morgan fingerprint density at radius 3 is 2.60 bits per heavy atom. The fourth-order valence-corrected chi connectivity index (χ4v) is 2.12. The van der Waals surface area contributed by atoms with Crippen LogP contribution in [0, 0.1) is 3.57 Å². The van der Waals surface area contributed by atoms with Crippen LogP contribution < -0.4 is 0 Å². The van der Waals surface area contributed by atoms with Gasteiger partial charge in [-0.05, 0) is 40.3 Å². The maximum absolute atomic E-state index is 11.6. The Hall–Kier alpha value is -1.48. The molecule has 7 heteroatoms. The van der Waals surface area contributed by atoms with E-state index in [1.165, 1.54) is 7.11 Å². The maximum Gasteiger partial charge on any atom is 0.360 e. The second kappa shape index (κ2) is 6.80. The molecule has 1 heterocycles. The number of carbonyl (C=O) groups excluding carboxylic acids is 1. The molecule has 20 heavy (non-hydrogen) atoms. The minimum absolute atomic E-state index is 0.194. The third-order valence-corrected chi connectivity index (χ3v) is 3.46. The highest BCUT2D eigenvalue weighted by Gasteiger charge is 2.20. The molecule has 0 spiro atoms. The van der Waals surface area contributed by atoms with Crippen molar-refractivity contribution in [3.05, 3.63) is 44.8 Å². The maximum atomic E-state index is 11.6. The van der Waals surface area contributed by atoms with Gasteiger partial charge in [-0.3, -0.25) is 0 Å². The van der Waals surface area contributed by atoms with E-state index in [9.17, 15) is 4.79 Å². The molecule has 0 saturated carbocycles. The summed E-state index contributed by atoms with van der Waals surface area (Å²) in [4.78, 5) is 11.6. The van der Waals surface area contributed by atoms with E-state index in [1.54, 1.807) is 11.8 Å². The molecule has 2 rings (SSSR count). The number of aromatic nitrogens is 3. The number of benzene rings is 1. The van der Waals surface area contributed by atoms with Crippen molar-refractivity contribution in [3.8, 4) is 0 Å². The minimum atomic E-state index is -0.508. The van der Waals surface area contributed by atoms with Crippen LogP contribution in [0.5, 0.6) is 0 Å². The average Bonchev–Trinajstić information content (AvgIpc) is 2.84. The number of nitrogens with zero attached hydrogens (tertiary/aromatic N) is 3. The Morgan fingerprint density at radius 2 is 2.00 bits per heavy atom. The van der Waals surface area contributed by atoms with Crippen molar-refractivity contribution in [1.82, 2.24) is 15.0 Å². The molecule has 0 atom stereocenters. The summed E-state index contributed by atoms with van der Waals surface area (Å²) in [7, 11) is 2.88. The first-order valence-corrected chi connectivity index (χ1v) is 6.97. The molecule has 2 aromatic rings. The first-order chi connectivity index (χ1) is 9.65. The van der Waals surface area contributed by atoms with Crippen molar-refractivity contribution in [2.24, 2.45) is 0 Å². The number of hydrogen-bond acceptors (Lipinski definition) is 5. The van der Waals surface area contributed by atoms with E-state index >= 15 is 0 Å². The van der Waals surface area contributed by atoms with E-state index in [4.69, 9.17) is 9.47 Å². The molecule has 0 aliphatic carbocycles. The second-order valence-corrected chi connectivity index (χ2v) is 5.34. The Kier molecular flexibility index (Phi) is 5.07. The zero-order valence-corrected chi connectivity index (χ0v) is 13.3. The molecule has 0 bridgehead atoms. The zero-order chi connectivity index (χ0) is 14.5. The van der Waals surface area contributed by atoms with Gasteiger partial charge in [-0.2, -0.15) is 0 Å². The van der Waals surface area contributed by atoms with Crippen LogP contribution in [0.1, 0.15) is 21.7 Å². The quantitative estimate of drug-likeness (QED) is 0.579. The molecule has 0 amide bonds. The molecule has 0 aliphatic heterocycles. The predicted molar refractivity (Wildman–Crippen MR) is 80.3 cm³/mol. The molecule has 6 nitrogen and oxygen atoms in total. The highest BCUT2D eigenvalue weighted by atomic mass is 127. The van der Waals surface area contributed by atoms with Crippen molar-refractivity contribution in [3.63, 3.8) is 0 Å². The first-order valence-electron chi connectivity index (χ1n) is 5.89. The molecule has 0 aliphatic rings. The van der Waals surface area contributed by atoms with Crippen LogP contribution >= 0.6 is 22.6 Å². The molecule has 0 fully saturated rings. The largest absolute Gasteiger partial charge is 0.464 e. The lowest BCUT2D eigenvalue weighted by Gasteiger charge is -2.07. The van der Waals surface area contributed by atoms with Crippen molar-refractivity contribution < 1.29 is 14.3 Å². The number of halogens is 1. The van der Waals surface area contributed by atoms with E-state index in [2.05, 4.69) is 32.9 Å². The lowest BCUT2D eigenvalue weighted by atomic mass is 10.2. The van der Waals surface area contributed by atoms with Crippen LogP contribution in [0.25, 0.3) is 0 Å². The topological polar surface area (TPSA) is 66.2 Å². The van der Waals surface area contributed by atoms with Crippen LogP contribution in [-0.4, -0.2) is 35.2 Å². The van der Waals surface area contributed by atoms with Crippen LogP contribution in [-0.2, 0) is 22.6 Å². The van der Waals surface area contributed by atoms with Gasteiger partial charge in [0.25, 0.3) is 0 Å². The molecule has 0 saturated heterocycles. The summed E-state index contributed by atoms with van der Waals surface area (Å²) in [6.45, 7) is 0.779. The third-order valence-electron chi connectivity index (χ3n) is 2.74. The summed E-state index contributed by atoms with van der Waals surface area (Å²) in [5, 5.41) is 7.88. The van der Waals surface area contributed by atoms with E-state index in [0.29, 0.717) is 12.2 Å². The van der Waals surface area contributed by atoms with Crippen LogP contribution in [0.15, 0.2) is 24.3 Å². The fraction of sp³-hybridized carbons (Fsp3) is 0.308. The Morgan fingerprint density at radius 1 is 1.30 bits per heavy atom. The summed E-state index contributed by atoms with van der Waals surface area (Å²) >= 11 is 2.25. The van der Waals surface area contributed by atoms with Gasteiger partial charge in [0, 0.05) is 10.7 Å². The van der Waals surface area contributed by atoms with Gasteiger partial charge in [0.05, 0.1) is 26.0 Å². The van der Waals surface area contributed by atoms with E-state index in [-0.39, 0.29) is 12.3 Å². The summed E-state index contributed by atoms with van der Waals surface area (Å²) in [5.74, 6) is -0.508. The van der Waals surface area contributed by atoms with Gasteiger partial charge < -0.3 is 9.47 Å². The first kappa shape index (κ1) is 14.9. The van der Waals surface area contributed by atoms with Gasteiger partial charge in [0.2, 0.25) is 0 Å². The van der Waals surface area contributed by atoms with Crippen molar-refractivity contribution in [1.29, 1.82) is 0 Å². The lowest BCUT2D eigenvalue weighted by molar-refractivity contribution is 0.0588. The normalized spacial score (nSPS) is 10.6. The van der Waals surface area contributed by atoms with Gasteiger partial charge >= 0.3 is 5.97 Å². The lowest BCUT2D eigenvalue weighted by Crippen LogP contribution is -2.11. The van der Waals surface area contributed by atoms with E-state index in [0.717, 1.165) is 9.13 Å². The SMILES string of the molecule is COCc1c(C(=O)OC)nnn1Cc1ccc(I)cc1. The van der Waals surface area contributed by atoms with Gasteiger partial charge in [-0.25, -0.2) is 9.48 Å². The van der Waals surface area contributed by atoms with E-state index in [1.807, 2.05) is 24.3 Å². The number of methoxy groups -OCH3 is 2. The van der Waals surface area contributed by atoms with Crippen LogP contribution in [0.2, 0.25) is 0 Å². The molecule has 106 valence electrons. The number of rotatable bonds is 5. The van der Waals surface area contributed by atoms with Crippen molar-refractivity contribution >= 4 is 28.6 Å². The molecule has 1 aromatic carbocycles. The van der Waals surface area contributed by atoms with Crippen molar-refractivity contribution in [2.75, 3.05) is 14.2 Å². The molecule has 1 aromatic heterocycles. The molecular formula is C13H14IN3O3. The van der Waals surface area contributed by atoms with Crippen molar-refractivity contribution in [2.45, 2.75) is 13.2 Å². The molecule has 0 radical (unpaired) electrons. The monoisotopic (exact) mass is 387 g/mol. The van der Waals surface area contributed by atoms with E-state index < -0.39 is 5.97 Å².